The third-order valence-corrected chi connectivity index (χ3v) is 6.17. The van der Waals surface area contributed by atoms with E-state index in [-0.39, 0.29) is 23.4 Å². The molecule has 0 amide bonds. The second-order valence-corrected chi connectivity index (χ2v) is 9.47. The molecule has 174 valence electrons. The lowest BCUT2D eigenvalue weighted by Crippen LogP contribution is -2.18. The van der Waals surface area contributed by atoms with E-state index in [0.717, 1.165) is 6.42 Å². The molecule has 3 unspecified atom stereocenters. The highest BCUT2D eigenvalue weighted by molar-refractivity contribution is 6.13. The Bertz CT molecular complexity index is 784. The quantitative estimate of drug-likeness (QED) is 0.184. The van der Waals surface area contributed by atoms with Gasteiger partial charge in [0.25, 0.3) is 0 Å². The van der Waals surface area contributed by atoms with Crippen molar-refractivity contribution in [2.24, 2.45) is 17.8 Å². The van der Waals surface area contributed by atoms with Gasteiger partial charge in [-0.05, 0) is 62.5 Å². The van der Waals surface area contributed by atoms with Gasteiger partial charge >= 0.3 is 0 Å². The predicted molar refractivity (Wildman–Crippen MR) is 127 cm³/mol. The summed E-state index contributed by atoms with van der Waals surface area (Å²) in [4.78, 5) is 25.6. The smallest absolute Gasteiger partial charge is 0.185 e. The lowest BCUT2D eigenvalue weighted by atomic mass is 9.86. The van der Waals surface area contributed by atoms with Crippen LogP contribution in [0.5, 0.6) is 0 Å². The van der Waals surface area contributed by atoms with Crippen LogP contribution in [0.1, 0.15) is 74.7 Å². The largest absolute Gasteiger partial charge is 0.381 e. The van der Waals surface area contributed by atoms with Crippen LogP contribution < -0.4 is 0 Å². The lowest BCUT2D eigenvalue weighted by molar-refractivity contribution is -0.115. The van der Waals surface area contributed by atoms with E-state index in [0.29, 0.717) is 59.8 Å². The number of allylic oxidation sites excluding steroid dienone is 6. The molecule has 0 aromatic heterocycles. The first-order chi connectivity index (χ1) is 14.4. The van der Waals surface area contributed by atoms with Crippen molar-refractivity contribution in [3.63, 3.8) is 0 Å². The Morgan fingerprint density at radius 1 is 1.19 bits per heavy atom. The first-order valence-electron chi connectivity index (χ1n) is 11.5. The third kappa shape index (κ3) is 7.38. The average Bonchev–Trinajstić information content (AvgIpc) is 3.29. The lowest BCUT2D eigenvalue weighted by Gasteiger charge is -2.18. The molecule has 4 heteroatoms. The molecule has 0 bridgehead atoms. The minimum absolute atomic E-state index is 0.0198. The minimum Gasteiger partial charge on any atom is -0.381 e. The van der Waals surface area contributed by atoms with Crippen LogP contribution in [0.15, 0.2) is 46.6 Å². The van der Waals surface area contributed by atoms with Gasteiger partial charge in [0.15, 0.2) is 11.6 Å². The zero-order valence-electron chi connectivity index (χ0n) is 20.7. The van der Waals surface area contributed by atoms with Crippen LogP contribution in [0.2, 0.25) is 0 Å². The second kappa shape index (κ2) is 11.7. The molecule has 0 aliphatic heterocycles. The van der Waals surface area contributed by atoms with Gasteiger partial charge in [-0.15, -0.1) is 0 Å². The number of hydrogen-bond acceptors (Lipinski definition) is 3. The zero-order chi connectivity index (χ0) is 23.9. The van der Waals surface area contributed by atoms with E-state index in [2.05, 4.69) is 20.4 Å². The summed E-state index contributed by atoms with van der Waals surface area (Å²) in [5.41, 5.74) is 1.43. The summed E-state index contributed by atoms with van der Waals surface area (Å²) in [6, 6.07) is 0. The molecule has 1 aliphatic rings. The average molecular weight is 433 g/mol. The van der Waals surface area contributed by atoms with Crippen molar-refractivity contribution in [3.05, 3.63) is 46.6 Å². The van der Waals surface area contributed by atoms with E-state index in [1.807, 2.05) is 20.8 Å². The molecule has 3 atom stereocenters. The molecule has 0 aromatic carbocycles. The van der Waals surface area contributed by atoms with Gasteiger partial charge in [0.2, 0.25) is 0 Å². The van der Waals surface area contributed by atoms with E-state index < -0.39 is 5.67 Å². The molecule has 3 nitrogen and oxygen atoms in total. The molecule has 0 spiro atoms. The van der Waals surface area contributed by atoms with Crippen LogP contribution in [0.3, 0.4) is 0 Å². The Balaban J connectivity index is 3.33. The molecule has 1 aliphatic carbocycles. The second-order valence-electron chi connectivity index (χ2n) is 9.47. The fourth-order valence-corrected chi connectivity index (χ4v) is 3.61. The van der Waals surface area contributed by atoms with Gasteiger partial charge < -0.3 is 4.74 Å². The molecule has 0 radical (unpaired) electrons. The summed E-state index contributed by atoms with van der Waals surface area (Å²) >= 11 is 0. The van der Waals surface area contributed by atoms with E-state index in [4.69, 9.17) is 4.74 Å². The summed E-state index contributed by atoms with van der Waals surface area (Å²) in [6.07, 6.45) is 5.09. The molecule has 0 aromatic rings. The Hall–Kier alpha value is -1.81. The van der Waals surface area contributed by atoms with Crippen LogP contribution >= 0.6 is 0 Å². The van der Waals surface area contributed by atoms with E-state index in [9.17, 15) is 9.59 Å². The topological polar surface area (TPSA) is 43.4 Å². The fraction of sp³-hybridized carbons (Fsp3) is 0.630. The Kier molecular flexibility index (Phi) is 10.3. The van der Waals surface area contributed by atoms with Crippen molar-refractivity contribution >= 4 is 11.6 Å². The first-order valence-corrected chi connectivity index (χ1v) is 11.5. The number of ketones is 2. The van der Waals surface area contributed by atoms with Gasteiger partial charge in [-0.25, -0.2) is 4.39 Å². The number of halogens is 1. The molecule has 0 saturated heterocycles. The maximum atomic E-state index is 15.1. The van der Waals surface area contributed by atoms with Gasteiger partial charge in [0, 0.05) is 24.2 Å². The summed E-state index contributed by atoms with van der Waals surface area (Å²) in [6.45, 7) is 19.9. The van der Waals surface area contributed by atoms with Gasteiger partial charge in [-0.2, -0.15) is 0 Å². The summed E-state index contributed by atoms with van der Waals surface area (Å²) in [5, 5.41) is 0. The Morgan fingerprint density at radius 3 is 2.19 bits per heavy atom. The van der Waals surface area contributed by atoms with Gasteiger partial charge in [-0.1, -0.05) is 58.9 Å². The molecule has 31 heavy (non-hydrogen) atoms. The fourth-order valence-electron chi connectivity index (χ4n) is 3.61. The number of carbonyl (C=O) groups excluding carboxylic acids is 2. The Labute approximate surface area is 188 Å². The van der Waals surface area contributed by atoms with E-state index in [1.165, 1.54) is 6.92 Å². The SMILES string of the molecule is C=C(C)/C(=C\C=C(\C(=O)/C(CCOCC(C)C)=C(/C)C(C)=O)C(C)CC)C1(F)CC1C. The van der Waals surface area contributed by atoms with Crippen molar-refractivity contribution in [2.45, 2.75) is 80.3 Å². The van der Waals surface area contributed by atoms with Crippen molar-refractivity contribution < 1.29 is 18.7 Å². The maximum Gasteiger partial charge on any atom is 0.185 e. The van der Waals surface area contributed by atoms with Crippen molar-refractivity contribution in [1.29, 1.82) is 0 Å². The predicted octanol–water partition coefficient (Wildman–Crippen LogP) is 6.75. The molecular formula is C27H41FO3. The number of alkyl halides is 1. The van der Waals surface area contributed by atoms with E-state index in [1.54, 1.807) is 26.0 Å². The Morgan fingerprint density at radius 2 is 1.77 bits per heavy atom. The number of hydrogen-bond donors (Lipinski definition) is 0. The van der Waals surface area contributed by atoms with Crippen LogP contribution in [-0.4, -0.2) is 30.4 Å². The molecule has 0 N–H and O–H groups in total. The molecule has 1 fully saturated rings. The van der Waals surface area contributed by atoms with Crippen molar-refractivity contribution in [2.75, 3.05) is 13.2 Å². The number of ether oxygens (including phenoxy) is 1. The summed E-state index contributed by atoms with van der Waals surface area (Å²) in [7, 11) is 0. The van der Waals surface area contributed by atoms with Crippen LogP contribution in [0.4, 0.5) is 4.39 Å². The number of rotatable bonds is 13. The van der Waals surface area contributed by atoms with Crippen molar-refractivity contribution in [1.82, 2.24) is 0 Å². The molecular weight excluding hydrogens is 391 g/mol. The molecule has 1 rings (SSSR count). The standard InChI is InChI=1S/C27H41FO3/c1-10-19(6)23(11-12-25(18(4)5)27(28)15-20(27)7)26(30)24(21(8)22(9)29)13-14-31-16-17(2)3/h11-12,17,19-20H,4,10,13-16H2,1-3,5-9H3/b23-11+,24-21-,25-12+. The van der Waals surface area contributed by atoms with Crippen LogP contribution in [0.25, 0.3) is 0 Å². The van der Waals surface area contributed by atoms with Crippen LogP contribution in [-0.2, 0) is 14.3 Å². The van der Waals surface area contributed by atoms with Gasteiger partial charge in [-0.3, -0.25) is 9.59 Å². The minimum atomic E-state index is -1.36. The maximum absolute atomic E-state index is 15.1. The highest BCUT2D eigenvalue weighted by Gasteiger charge is 2.54. The van der Waals surface area contributed by atoms with Crippen molar-refractivity contribution in [3.8, 4) is 0 Å². The van der Waals surface area contributed by atoms with Crippen LogP contribution in [0, 0.1) is 17.8 Å². The number of carbonyl (C=O) groups is 2. The zero-order valence-corrected chi connectivity index (χ0v) is 20.7. The monoisotopic (exact) mass is 432 g/mol. The number of Topliss-reactive ketones (excluding diaryl/α,β-unsaturated/α-hetero) is 2. The summed E-state index contributed by atoms with van der Waals surface area (Å²) < 4.78 is 20.8. The highest BCUT2D eigenvalue weighted by Crippen LogP contribution is 2.54. The molecule has 0 heterocycles. The normalized spacial score (nSPS) is 23.5. The highest BCUT2D eigenvalue weighted by atomic mass is 19.1. The van der Waals surface area contributed by atoms with Gasteiger partial charge in [0.1, 0.15) is 5.67 Å². The van der Waals surface area contributed by atoms with Gasteiger partial charge in [0.05, 0.1) is 6.61 Å². The molecule has 1 saturated carbocycles. The third-order valence-electron chi connectivity index (χ3n) is 6.17. The van der Waals surface area contributed by atoms with E-state index >= 15 is 4.39 Å². The first kappa shape index (κ1) is 27.2. The summed E-state index contributed by atoms with van der Waals surface area (Å²) in [5.74, 6) is 0.0672.